The number of nitro benzene ring substituents is 1. The molecule has 0 aromatic heterocycles. The highest BCUT2D eigenvalue weighted by atomic mass is 32.2. The van der Waals surface area contributed by atoms with E-state index in [1.54, 1.807) is 0 Å². The Morgan fingerprint density at radius 2 is 2.14 bits per heavy atom. The van der Waals surface area contributed by atoms with Gasteiger partial charge in [-0.25, -0.2) is 8.42 Å². The fourth-order valence-electron chi connectivity index (χ4n) is 2.21. The second-order valence-corrected chi connectivity index (χ2v) is 6.71. The summed E-state index contributed by atoms with van der Waals surface area (Å²) >= 11 is 0. The largest absolute Gasteiger partial charge is 0.485 e. The van der Waals surface area contributed by atoms with Crippen molar-refractivity contribution in [1.29, 1.82) is 0 Å². The topological polar surface area (TPSA) is 119 Å². The van der Waals surface area contributed by atoms with Gasteiger partial charge in [0.2, 0.25) is 10.0 Å². The first-order chi connectivity index (χ1) is 9.76. The molecular formula is C12H16N2O6S. The van der Waals surface area contributed by atoms with E-state index < -0.39 is 27.2 Å². The molecule has 1 aliphatic rings. The van der Waals surface area contributed by atoms with Crippen LogP contribution in [0.15, 0.2) is 18.2 Å². The van der Waals surface area contributed by atoms with E-state index in [2.05, 4.69) is 4.72 Å². The zero-order valence-corrected chi connectivity index (χ0v) is 12.2. The fraction of sp³-hybridized carbons (Fsp3) is 0.500. The van der Waals surface area contributed by atoms with Gasteiger partial charge in [0.05, 0.1) is 29.0 Å². The molecule has 0 saturated heterocycles. The Labute approximate surface area is 121 Å². The molecule has 0 heterocycles. The summed E-state index contributed by atoms with van der Waals surface area (Å²) in [5.41, 5.74) is -0.0984. The highest BCUT2D eigenvalue weighted by molar-refractivity contribution is 7.92. The second kappa shape index (κ2) is 5.86. The van der Waals surface area contributed by atoms with E-state index in [-0.39, 0.29) is 17.1 Å². The maximum absolute atomic E-state index is 11.3. The summed E-state index contributed by atoms with van der Waals surface area (Å²) in [4.78, 5) is 10.2. The van der Waals surface area contributed by atoms with Crippen molar-refractivity contribution in [3.05, 3.63) is 28.3 Å². The predicted molar refractivity (Wildman–Crippen MR) is 75.8 cm³/mol. The molecule has 1 saturated carbocycles. The van der Waals surface area contributed by atoms with Crippen molar-refractivity contribution in [2.24, 2.45) is 0 Å². The zero-order valence-electron chi connectivity index (χ0n) is 11.4. The summed E-state index contributed by atoms with van der Waals surface area (Å²) < 4.78 is 30.5. The lowest BCUT2D eigenvalue weighted by Crippen LogP contribution is -2.26. The SMILES string of the molecule is CS(=O)(=O)Nc1ccc([N+](=O)[O-])cc1OC1CCC[C@H]1O. The third kappa shape index (κ3) is 4.05. The van der Waals surface area contributed by atoms with Crippen LogP contribution in [0.1, 0.15) is 19.3 Å². The van der Waals surface area contributed by atoms with Gasteiger partial charge < -0.3 is 9.84 Å². The summed E-state index contributed by atoms with van der Waals surface area (Å²) in [6, 6.07) is 3.61. The molecule has 2 rings (SSSR count). The van der Waals surface area contributed by atoms with Crippen LogP contribution in [0.25, 0.3) is 0 Å². The molecule has 0 bridgehead atoms. The maximum atomic E-state index is 11.3. The quantitative estimate of drug-likeness (QED) is 0.623. The van der Waals surface area contributed by atoms with Gasteiger partial charge >= 0.3 is 0 Å². The van der Waals surface area contributed by atoms with Gasteiger partial charge in [-0.3, -0.25) is 14.8 Å². The van der Waals surface area contributed by atoms with Crippen LogP contribution in [0.2, 0.25) is 0 Å². The van der Waals surface area contributed by atoms with E-state index in [1.807, 2.05) is 0 Å². The molecule has 0 amide bonds. The van der Waals surface area contributed by atoms with E-state index in [9.17, 15) is 23.6 Å². The van der Waals surface area contributed by atoms with Crippen LogP contribution in [-0.4, -0.2) is 36.9 Å². The number of nitro groups is 1. The number of ether oxygens (including phenoxy) is 1. The van der Waals surface area contributed by atoms with Crippen molar-refractivity contribution in [3.8, 4) is 5.75 Å². The Morgan fingerprint density at radius 1 is 1.43 bits per heavy atom. The summed E-state index contributed by atoms with van der Waals surface area (Å²) in [7, 11) is -3.54. The molecule has 2 atom stereocenters. The lowest BCUT2D eigenvalue weighted by molar-refractivity contribution is -0.384. The Bertz CT molecular complexity index is 645. The molecule has 1 aromatic carbocycles. The molecule has 9 heteroatoms. The van der Waals surface area contributed by atoms with Crippen molar-refractivity contribution >= 4 is 21.4 Å². The zero-order chi connectivity index (χ0) is 15.6. The number of anilines is 1. The van der Waals surface area contributed by atoms with Crippen LogP contribution < -0.4 is 9.46 Å². The number of hydrogen-bond donors (Lipinski definition) is 2. The number of sulfonamides is 1. The highest BCUT2D eigenvalue weighted by Gasteiger charge is 2.28. The summed E-state index contributed by atoms with van der Waals surface area (Å²) in [5, 5.41) is 20.6. The monoisotopic (exact) mass is 316 g/mol. The van der Waals surface area contributed by atoms with Crippen LogP contribution in [0, 0.1) is 10.1 Å². The second-order valence-electron chi connectivity index (χ2n) is 4.97. The average molecular weight is 316 g/mol. The third-order valence-corrected chi connectivity index (χ3v) is 3.76. The molecule has 0 radical (unpaired) electrons. The molecule has 2 N–H and O–H groups in total. The number of aliphatic hydroxyl groups is 1. The minimum atomic E-state index is -3.54. The van der Waals surface area contributed by atoms with E-state index in [1.165, 1.54) is 12.1 Å². The van der Waals surface area contributed by atoms with Crippen LogP contribution in [0.5, 0.6) is 5.75 Å². The number of nitrogens with one attached hydrogen (secondary N) is 1. The average Bonchev–Trinajstić information content (AvgIpc) is 2.75. The molecule has 116 valence electrons. The van der Waals surface area contributed by atoms with Gasteiger partial charge in [-0.2, -0.15) is 0 Å². The van der Waals surface area contributed by atoms with Gasteiger partial charge in [-0.05, 0) is 25.3 Å². The molecule has 0 spiro atoms. The van der Waals surface area contributed by atoms with E-state index in [0.29, 0.717) is 12.8 Å². The van der Waals surface area contributed by atoms with Crippen LogP contribution >= 0.6 is 0 Å². The highest BCUT2D eigenvalue weighted by Crippen LogP contribution is 2.33. The van der Waals surface area contributed by atoms with Crippen molar-refractivity contribution in [2.75, 3.05) is 11.0 Å². The normalized spacial score (nSPS) is 22.0. The number of nitrogens with zero attached hydrogens (tertiary/aromatic N) is 1. The summed E-state index contributed by atoms with van der Waals surface area (Å²) in [6.07, 6.45) is 1.82. The Morgan fingerprint density at radius 3 is 2.67 bits per heavy atom. The standard InChI is InChI=1S/C12H16N2O6S/c1-21(18,19)13-9-6-5-8(14(16)17)7-12(9)20-11-4-2-3-10(11)15/h5-7,10-11,13,15H,2-4H2,1H3/t10-,11?/m1/s1. The smallest absolute Gasteiger partial charge is 0.273 e. The summed E-state index contributed by atoms with van der Waals surface area (Å²) in [5.74, 6) is 0.0422. The van der Waals surface area contributed by atoms with Gasteiger partial charge in [-0.1, -0.05) is 0 Å². The van der Waals surface area contributed by atoms with Crippen molar-refractivity contribution < 1.29 is 23.2 Å². The van der Waals surface area contributed by atoms with Crippen molar-refractivity contribution in [3.63, 3.8) is 0 Å². The molecule has 21 heavy (non-hydrogen) atoms. The van der Waals surface area contributed by atoms with Crippen LogP contribution in [-0.2, 0) is 10.0 Å². The van der Waals surface area contributed by atoms with E-state index in [4.69, 9.17) is 4.74 Å². The van der Waals surface area contributed by atoms with Gasteiger partial charge in [0, 0.05) is 6.07 Å². The molecule has 1 aromatic rings. The van der Waals surface area contributed by atoms with Crippen molar-refractivity contribution in [1.82, 2.24) is 0 Å². The Hall–Kier alpha value is -1.87. The summed E-state index contributed by atoms with van der Waals surface area (Å²) in [6.45, 7) is 0. The van der Waals surface area contributed by atoms with Crippen LogP contribution in [0.3, 0.4) is 0 Å². The number of aliphatic hydroxyl groups excluding tert-OH is 1. The van der Waals surface area contributed by atoms with Crippen LogP contribution in [0.4, 0.5) is 11.4 Å². The first-order valence-corrected chi connectivity index (χ1v) is 8.26. The molecule has 1 fully saturated rings. The molecule has 0 aliphatic heterocycles. The Balaban J connectivity index is 2.33. The number of benzene rings is 1. The molecule has 1 unspecified atom stereocenters. The van der Waals surface area contributed by atoms with Gasteiger partial charge in [-0.15, -0.1) is 0 Å². The van der Waals surface area contributed by atoms with Crippen molar-refractivity contribution in [2.45, 2.75) is 31.5 Å². The lowest BCUT2D eigenvalue weighted by atomic mass is 10.2. The minimum Gasteiger partial charge on any atom is -0.485 e. The third-order valence-electron chi connectivity index (χ3n) is 3.17. The predicted octanol–water partition coefficient (Wildman–Crippen LogP) is 1.26. The number of hydrogen-bond acceptors (Lipinski definition) is 6. The first-order valence-electron chi connectivity index (χ1n) is 6.37. The minimum absolute atomic E-state index is 0.0422. The molecular weight excluding hydrogens is 300 g/mol. The van der Waals surface area contributed by atoms with E-state index >= 15 is 0 Å². The van der Waals surface area contributed by atoms with Gasteiger partial charge in [0.25, 0.3) is 5.69 Å². The Kier molecular flexibility index (Phi) is 4.33. The fourth-order valence-corrected chi connectivity index (χ4v) is 2.78. The van der Waals surface area contributed by atoms with E-state index in [0.717, 1.165) is 18.7 Å². The number of rotatable bonds is 5. The van der Waals surface area contributed by atoms with Gasteiger partial charge in [0.15, 0.2) is 5.75 Å². The lowest BCUT2D eigenvalue weighted by Gasteiger charge is -2.19. The van der Waals surface area contributed by atoms with Gasteiger partial charge in [0.1, 0.15) is 6.10 Å². The maximum Gasteiger partial charge on any atom is 0.273 e. The number of non-ortho nitro benzene ring substituents is 1. The first kappa shape index (κ1) is 15.5. The molecule has 8 nitrogen and oxygen atoms in total. The molecule has 1 aliphatic carbocycles.